The number of amides is 1. The first-order valence-corrected chi connectivity index (χ1v) is 8.01. The normalized spacial score (nSPS) is 16.0. The van der Waals surface area contributed by atoms with Crippen molar-refractivity contribution in [1.29, 1.82) is 0 Å². The Labute approximate surface area is 140 Å². The van der Waals surface area contributed by atoms with Crippen LogP contribution in [0, 0.1) is 0 Å². The SMILES string of the molecule is CC(=O)Nc1nc2c(s1)C(=O)C(=C(O)c1ccc(Cl)nc1)CC2. The predicted molar refractivity (Wildman–Crippen MR) is 87.9 cm³/mol. The highest BCUT2D eigenvalue weighted by Crippen LogP contribution is 2.34. The summed E-state index contributed by atoms with van der Waals surface area (Å²) < 4.78 is 0. The largest absolute Gasteiger partial charge is 0.507 e. The lowest BCUT2D eigenvalue weighted by Crippen LogP contribution is -2.14. The molecule has 2 aromatic heterocycles. The van der Waals surface area contributed by atoms with E-state index in [9.17, 15) is 14.7 Å². The molecule has 0 aliphatic heterocycles. The second-order valence-electron chi connectivity index (χ2n) is 5.00. The summed E-state index contributed by atoms with van der Waals surface area (Å²) in [6, 6.07) is 3.16. The second-order valence-corrected chi connectivity index (χ2v) is 6.39. The zero-order valence-electron chi connectivity index (χ0n) is 12.1. The van der Waals surface area contributed by atoms with E-state index in [0.29, 0.717) is 44.8 Å². The van der Waals surface area contributed by atoms with Crippen molar-refractivity contribution in [3.8, 4) is 0 Å². The summed E-state index contributed by atoms with van der Waals surface area (Å²) in [5.74, 6) is -0.610. The zero-order valence-corrected chi connectivity index (χ0v) is 13.7. The highest BCUT2D eigenvalue weighted by atomic mass is 35.5. The molecule has 0 saturated heterocycles. The summed E-state index contributed by atoms with van der Waals surface area (Å²) >= 11 is 6.84. The van der Waals surface area contributed by atoms with Crippen LogP contribution in [-0.4, -0.2) is 26.8 Å². The fraction of sp³-hybridized carbons (Fsp3) is 0.200. The molecule has 0 saturated carbocycles. The number of nitrogens with zero attached hydrogens (tertiary/aromatic N) is 2. The molecule has 3 rings (SSSR count). The van der Waals surface area contributed by atoms with Gasteiger partial charge in [-0.15, -0.1) is 0 Å². The maximum absolute atomic E-state index is 12.6. The fourth-order valence-electron chi connectivity index (χ4n) is 2.31. The summed E-state index contributed by atoms with van der Waals surface area (Å²) in [6.07, 6.45) is 2.32. The van der Waals surface area contributed by atoms with Gasteiger partial charge in [0.05, 0.1) is 5.69 Å². The van der Waals surface area contributed by atoms with Crippen LogP contribution < -0.4 is 5.32 Å². The molecule has 0 fully saturated rings. The second kappa shape index (κ2) is 6.10. The van der Waals surface area contributed by atoms with E-state index >= 15 is 0 Å². The van der Waals surface area contributed by atoms with Gasteiger partial charge >= 0.3 is 0 Å². The van der Waals surface area contributed by atoms with E-state index in [1.54, 1.807) is 12.1 Å². The van der Waals surface area contributed by atoms with Gasteiger partial charge in [-0.05, 0) is 25.0 Å². The number of pyridine rings is 1. The van der Waals surface area contributed by atoms with E-state index in [1.807, 2.05) is 0 Å². The highest BCUT2D eigenvalue weighted by Gasteiger charge is 2.29. The highest BCUT2D eigenvalue weighted by molar-refractivity contribution is 7.18. The maximum Gasteiger partial charge on any atom is 0.223 e. The molecule has 1 amide bonds. The lowest BCUT2D eigenvalue weighted by atomic mass is 9.93. The third-order valence-electron chi connectivity index (χ3n) is 3.36. The molecular formula is C15H12ClN3O3S. The number of fused-ring (bicyclic) bond motifs is 1. The van der Waals surface area contributed by atoms with Crippen molar-refractivity contribution in [2.75, 3.05) is 5.32 Å². The van der Waals surface area contributed by atoms with Crippen LogP contribution in [-0.2, 0) is 11.2 Å². The van der Waals surface area contributed by atoms with Gasteiger partial charge in [-0.2, -0.15) is 0 Å². The summed E-state index contributed by atoms with van der Waals surface area (Å²) in [7, 11) is 0. The Morgan fingerprint density at radius 2 is 2.17 bits per heavy atom. The number of Topliss-reactive ketones (excluding diaryl/α,β-unsaturated/α-hetero) is 1. The molecule has 118 valence electrons. The van der Waals surface area contributed by atoms with Gasteiger partial charge in [0.15, 0.2) is 5.13 Å². The molecule has 6 nitrogen and oxygen atoms in total. The van der Waals surface area contributed by atoms with E-state index in [1.165, 1.54) is 13.1 Å². The van der Waals surface area contributed by atoms with Crippen molar-refractivity contribution in [2.24, 2.45) is 0 Å². The Kier molecular flexibility index (Phi) is 4.14. The van der Waals surface area contributed by atoms with Crippen LogP contribution in [0.25, 0.3) is 5.76 Å². The number of thiazole rings is 1. The van der Waals surface area contributed by atoms with Gasteiger partial charge in [0.1, 0.15) is 15.8 Å². The molecule has 23 heavy (non-hydrogen) atoms. The van der Waals surface area contributed by atoms with Crippen LogP contribution in [0.15, 0.2) is 23.9 Å². The lowest BCUT2D eigenvalue weighted by Gasteiger charge is -2.14. The molecule has 1 aliphatic rings. The fourth-order valence-corrected chi connectivity index (χ4v) is 3.45. The number of aliphatic hydroxyl groups is 1. The first kappa shape index (κ1) is 15.6. The Morgan fingerprint density at radius 1 is 1.39 bits per heavy atom. The Bertz CT molecular complexity index is 827. The molecule has 0 aromatic carbocycles. The van der Waals surface area contributed by atoms with E-state index < -0.39 is 0 Å². The number of nitrogens with one attached hydrogen (secondary N) is 1. The number of ketones is 1. The average Bonchev–Trinajstić information content (AvgIpc) is 2.90. The third kappa shape index (κ3) is 3.11. The first-order chi connectivity index (χ1) is 11.0. The van der Waals surface area contributed by atoms with Crippen molar-refractivity contribution in [2.45, 2.75) is 19.8 Å². The predicted octanol–water partition coefficient (Wildman–Crippen LogP) is 3.25. The zero-order chi connectivity index (χ0) is 16.6. The number of carbonyl (C=O) groups is 2. The van der Waals surface area contributed by atoms with Crippen LogP contribution in [0.2, 0.25) is 5.15 Å². The van der Waals surface area contributed by atoms with Crippen molar-refractivity contribution < 1.29 is 14.7 Å². The minimum Gasteiger partial charge on any atom is -0.507 e. The molecule has 2 heterocycles. The molecular weight excluding hydrogens is 338 g/mol. The van der Waals surface area contributed by atoms with Crippen LogP contribution in [0.4, 0.5) is 5.13 Å². The van der Waals surface area contributed by atoms with Crippen molar-refractivity contribution >= 4 is 45.5 Å². The van der Waals surface area contributed by atoms with Gasteiger partial charge in [-0.25, -0.2) is 9.97 Å². The van der Waals surface area contributed by atoms with Crippen LogP contribution in [0.1, 0.15) is 34.3 Å². The van der Waals surface area contributed by atoms with Crippen LogP contribution in [0.3, 0.4) is 0 Å². The molecule has 2 aromatic rings. The third-order valence-corrected chi connectivity index (χ3v) is 4.59. The van der Waals surface area contributed by atoms with Crippen molar-refractivity contribution in [3.05, 3.63) is 45.2 Å². The molecule has 0 bridgehead atoms. The minimum absolute atomic E-state index is 0.0979. The minimum atomic E-state index is -0.271. The Hall–Kier alpha value is -2.25. The number of aryl methyl sites for hydroxylation is 1. The summed E-state index contributed by atoms with van der Waals surface area (Å²) in [4.78, 5) is 32.3. The van der Waals surface area contributed by atoms with Gasteiger partial charge in [-0.3, -0.25) is 9.59 Å². The van der Waals surface area contributed by atoms with Crippen molar-refractivity contribution in [1.82, 2.24) is 9.97 Å². The first-order valence-electron chi connectivity index (χ1n) is 6.81. The summed E-state index contributed by atoms with van der Waals surface area (Å²) in [5, 5.41) is 13.7. The molecule has 0 radical (unpaired) electrons. The van der Waals surface area contributed by atoms with Gasteiger partial charge < -0.3 is 10.4 Å². The molecule has 0 spiro atoms. The maximum atomic E-state index is 12.6. The standard InChI is InChI=1S/C15H12ClN3O3S/c1-7(20)18-15-19-10-4-3-9(13(22)14(10)23-15)12(21)8-2-5-11(16)17-6-8/h2,5-6,21H,3-4H2,1H3,(H,18,19,20). The number of halogens is 1. The smallest absolute Gasteiger partial charge is 0.223 e. The van der Waals surface area contributed by atoms with E-state index in [4.69, 9.17) is 11.6 Å². The summed E-state index contributed by atoms with van der Waals surface area (Å²) in [5.41, 5.74) is 1.40. The quantitative estimate of drug-likeness (QED) is 0.493. The van der Waals surface area contributed by atoms with Crippen molar-refractivity contribution in [3.63, 3.8) is 0 Å². The topological polar surface area (TPSA) is 92.2 Å². The van der Waals surface area contributed by atoms with E-state index in [-0.39, 0.29) is 17.4 Å². The van der Waals surface area contributed by atoms with Crippen LogP contribution >= 0.6 is 22.9 Å². The van der Waals surface area contributed by atoms with Gasteiger partial charge in [0, 0.05) is 24.3 Å². The van der Waals surface area contributed by atoms with Crippen LogP contribution in [0.5, 0.6) is 0 Å². The van der Waals surface area contributed by atoms with Gasteiger partial charge in [0.25, 0.3) is 0 Å². The molecule has 0 atom stereocenters. The Balaban J connectivity index is 1.96. The number of anilines is 1. The number of rotatable bonds is 2. The molecule has 0 unspecified atom stereocenters. The number of allylic oxidation sites excluding steroid dienone is 1. The average molecular weight is 350 g/mol. The molecule has 8 heteroatoms. The summed E-state index contributed by atoms with van der Waals surface area (Å²) in [6.45, 7) is 1.38. The van der Waals surface area contributed by atoms with E-state index in [0.717, 1.165) is 11.3 Å². The van der Waals surface area contributed by atoms with Gasteiger partial charge in [-0.1, -0.05) is 22.9 Å². The number of hydrogen-bond acceptors (Lipinski definition) is 6. The number of carbonyl (C=O) groups excluding carboxylic acids is 2. The number of aliphatic hydroxyl groups excluding tert-OH is 1. The molecule has 2 N–H and O–H groups in total. The van der Waals surface area contributed by atoms with E-state index in [2.05, 4.69) is 15.3 Å². The lowest BCUT2D eigenvalue weighted by molar-refractivity contribution is -0.114. The number of aromatic nitrogens is 2. The molecule has 1 aliphatic carbocycles. The van der Waals surface area contributed by atoms with Gasteiger partial charge in [0.2, 0.25) is 11.7 Å². The monoisotopic (exact) mass is 349 g/mol. The Morgan fingerprint density at radius 3 is 2.83 bits per heavy atom. The number of hydrogen-bond donors (Lipinski definition) is 2.